The molecule has 2 aromatic rings. The lowest BCUT2D eigenvalue weighted by atomic mass is 10.0. The van der Waals surface area contributed by atoms with Gasteiger partial charge in [-0.2, -0.15) is 0 Å². The van der Waals surface area contributed by atoms with Gasteiger partial charge in [0.25, 0.3) is 11.8 Å². The molecule has 3 rings (SSSR count). The Balaban J connectivity index is 2.02. The maximum atomic E-state index is 13.2. The van der Waals surface area contributed by atoms with Crippen molar-refractivity contribution in [2.75, 3.05) is 19.0 Å². The third-order valence-electron chi connectivity index (χ3n) is 4.59. The number of methoxy groups -OCH3 is 1. The number of amides is 2. The molecule has 0 saturated carbocycles. The standard InChI is InChI=1S/C24H28N2O4/c1-15(2)14-26-23(27)21(19-8-6-7-9-20(19)29-5)22(24(26)28)25-17-10-12-18(13-11-17)30-16(3)4/h6-13,15-16,25H,14H2,1-5H3. The minimum Gasteiger partial charge on any atom is -0.496 e. The number of imide groups is 1. The third-order valence-corrected chi connectivity index (χ3v) is 4.59. The monoisotopic (exact) mass is 408 g/mol. The lowest BCUT2D eigenvalue weighted by Gasteiger charge is -2.17. The molecule has 0 fully saturated rings. The number of carbonyl (C=O) groups excluding carboxylic acids is 2. The molecule has 0 aliphatic carbocycles. The van der Waals surface area contributed by atoms with Gasteiger partial charge in [0.1, 0.15) is 17.2 Å². The quantitative estimate of drug-likeness (QED) is 0.659. The minimum atomic E-state index is -0.336. The Labute approximate surface area is 177 Å². The molecule has 2 amide bonds. The van der Waals surface area contributed by atoms with Crippen LogP contribution in [0.2, 0.25) is 0 Å². The fraction of sp³-hybridized carbons (Fsp3) is 0.333. The zero-order valence-corrected chi connectivity index (χ0v) is 18.1. The van der Waals surface area contributed by atoms with E-state index in [9.17, 15) is 9.59 Å². The molecule has 0 bridgehead atoms. The number of hydrogen-bond donors (Lipinski definition) is 1. The summed E-state index contributed by atoms with van der Waals surface area (Å²) in [5, 5.41) is 3.16. The van der Waals surface area contributed by atoms with Crippen molar-refractivity contribution in [2.24, 2.45) is 5.92 Å². The lowest BCUT2D eigenvalue weighted by molar-refractivity contribution is -0.137. The first kappa shape index (κ1) is 21.4. The molecular formula is C24H28N2O4. The Bertz CT molecular complexity index is 961. The van der Waals surface area contributed by atoms with Crippen molar-refractivity contribution in [1.82, 2.24) is 4.90 Å². The molecule has 158 valence electrons. The van der Waals surface area contributed by atoms with E-state index in [0.717, 1.165) is 5.75 Å². The lowest BCUT2D eigenvalue weighted by Crippen LogP contribution is -2.35. The minimum absolute atomic E-state index is 0.0716. The van der Waals surface area contributed by atoms with Gasteiger partial charge in [-0.25, -0.2) is 0 Å². The van der Waals surface area contributed by atoms with Crippen LogP contribution in [0.1, 0.15) is 33.3 Å². The number of carbonyl (C=O) groups is 2. The highest BCUT2D eigenvalue weighted by atomic mass is 16.5. The molecule has 0 unspecified atom stereocenters. The first-order valence-electron chi connectivity index (χ1n) is 10.1. The second-order valence-electron chi connectivity index (χ2n) is 7.88. The summed E-state index contributed by atoms with van der Waals surface area (Å²) in [5.74, 6) is 0.783. The van der Waals surface area contributed by atoms with Gasteiger partial charge in [0.2, 0.25) is 0 Å². The summed E-state index contributed by atoms with van der Waals surface area (Å²) in [6.45, 7) is 8.22. The topological polar surface area (TPSA) is 67.9 Å². The first-order chi connectivity index (χ1) is 14.3. The largest absolute Gasteiger partial charge is 0.496 e. The molecule has 6 nitrogen and oxygen atoms in total. The van der Waals surface area contributed by atoms with E-state index in [2.05, 4.69) is 5.32 Å². The van der Waals surface area contributed by atoms with Crippen LogP contribution in [0.3, 0.4) is 0 Å². The maximum absolute atomic E-state index is 13.2. The summed E-state index contributed by atoms with van der Waals surface area (Å²) in [7, 11) is 1.55. The van der Waals surface area contributed by atoms with Crippen LogP contribution in [0, 0.1) is 5.92 Å². The molecule has 0 spiro atoms. The van der Waals surface area contributed by atoms with E-state index in [0.29, 0.717) is 29.1 Å². The van der Waals surface area contributed by atoms with Crippen LogP contribution in [0.15, 0.2) is 54.2 Å². The van der Waals surface area contributed by atoms with Gasteiger partial charge >= 0.3 is 0 Å². The van der Waals surface area contributed by atoms with Gasteiger partial charge in [0.05, 0.1) is 18.8 Å². The van der Waals surface area contributed by atoms with Crippen molar-refractivity contribution >= 4 is 23.1 Å². The van der Waals surface area contributed by atoms with Crippen LogP contribution in [0.5, 0.6) is 11.5 Å². The van der Waals surface area contributed by atoms with Crippen LogP contribution in [-0.4, -0.2) is 36.5 Å². The van der Waals surface area contributed by atoms with Crippen molar-refractivity contribution in [3.05, 3.63) is 59.8 Å². The van der Waals surface area contributed by atoms with Gasteiger partial charge in [-0.15, -0.1) is 0 Å². The molecular weight excluding hydrogens is 380 g/mol. The summed E-state index contributed by atoms with van der Waals surface area (Å²) in [4.78, 5) is 27.7. The number of para-hydroxylation sites is 1. The van der Waals surface area contributed by atoms with Crippen molar-refractivity contribution in [1.29, 1.82) is 0 Å². The third kappa shape index (κ3) is 4.48. The Morgan fingerprint density at radius 3 is 2.20 bits per heavy atom. The molecule has 6 heteroatoms. The number of ether oxygens (including phenoxy) is 2. The number of nitrogens with one attached hydrogen (secondary N) is 1. The second kappa shape index (κ2) is 9.03. The van der Waals surface area contributed by atoms with Crippen LogP contribution in [0.25, 0.3) is 5.57 Å². The molecule has 0 radical (unpaired) electrons. The van der Waals surface area contributed by atoms with Gasteiger partial charge in [-0.3, -0.25) is 14.5 Å². The number of anilines is 1. The van der Waals surface area contributed by atoms with E-state index in [1.165, 1.54) is 4.90 Å². The SMILES string of the molecule is COc1ccccc1C1=C(Nc2ccc(OC(C)C)cc2)C(=O)N(CC(C)C)C1=O. The Morgan fingerprint density at radius 2 is 1.60 bits per heavy atom. The summed E-state index contributed by atoms with van der Waals surface area (Å²) in [5.41, 5.74) is 1.86. The van der Waals surface area contributed by atoms with E-state index in [-0.39, 0.29) is 29.5 Å². The maximum Gasteiger partial charge on any atom is 0.278 e. The number of hydrogen-bond acceptors (Lipinski definition) is 5. The molecule has 1 aliphatic heterocycles. The summed E-state index contributed by atoms with van der Waals surface area (Å²) < 4.78 is 11.1. The fourth-order valence-electron chi connectivity index (χ4n) is 3.36. The number of rotatable bonds is 8. The highest BCUT2D eigenvalue weighted by Gasteiger charge is 2.40. The van der Waals surface area contributed by atoms with E-state index >= 15 is 0 Å². The van der Waals surface area contributed by atoms with Crippen LogP contribution in [0.4, 0.5) is 5.69 Å². The Hall–Kier alpha value is -3.28. The predicted octanol–water partition coefficient (Wildman–Crippen LogP) is 4.33. The average Bonchev–Trinajstić information content (AvgIpc) is 2.93. The molecule has 1 heterocycles. The summed E-state index contributed by atoms with van der Waals surface area (Å²) in [6.07, 6.45) is 0.0716. The molecule has 30 heavy (non-hydrogen) atoms. The van der Waals surface area contributed by atoms with E-state index in [1.54, 1.807) is 19.2 Å². The van der Waals surface area contributed by atoms with E-state index < -0.39 is 0 Å². The smallest absolute Gasteiger partial charge is 0.278 e. The highest BCUT2D eigenvalue weighted by Crippen LogP contribution is 2.35. The molecule has 0 saturated heterocycles. The Kier molecular flexibility index (Phi) is 6.45. The van der Waals surface area contributed by atoms with Gasteiger partial charge in [-0.1, -0.05) is 32.0 Å². The molecule has 0 aromatic heterocycles. The van der Waals surface area contributed by atoms with Gasteiger partial charge in [-0.05, 0) is 50.1 Å². The van der Waals surface area contributed by atoms with Gasteiger partial charge < -0.3 is 14.8 Å². The summed E-state index contributed by atoms with van der Waals surface area (Å²) >= 11 is 0. The average molecular weight is 408 g/mol. The van der Waals surface area contributed by atoms with Gasteiger partial charge in [0.15, 0.2) is 0 Å². The van der Waals surface area contributed by atoms with Crippen molar-refractivity contribution in [2.45, 2.75) is 33.8 Å². The van der Waals surface area contributed by atoms with Crippen molar-refractivity contribution < 1.29 is 19.1 Å². The highest BCUT2D eigenvalue weighted by molar-refractivity contribution is 6.37. The zero-order chi connectivity index (χ0) is 21.8. The van der Waals surface area contributed by atoms with E-state index in [4.69, 9.17) is 9.47 Å². The van der Waals surface area contributed by atoms with Crippen LogP contribution in [-0.2, 0) is 9.59 Å². The van der Waals surface area contributed by atoms with E-state index in [1.807, 2.05) is 64.1 Å². The molecule has 2 aromatic carbocycles. The van der Waals surface area contributed by atoms with Crippen molar-refractivity contribution in [3.8, 4) is 11.5 Å². The zero-order valence-electron chi connectivity index (χ0n) is 18.1. The van der Waals surface area contributed by atoms with Gasteiger partial charge in [0, 0.05) is 17.8 Å². The predicted molar refractivity (Wildman–Crippen MR) is 117 cm³/mol. The fourth-order valence-corrected chi connectivity index (χ4v) is 3.36. The molecule has 1 N–H and O–H groups in total. The summed E-state index contributed by atoms with van der Waals surface area (Å²) in [6, 6.07) is 14.5. The number of benzene rings is 2. The van der Waals surface area contributed by atoms with Crippen molar-refractivity contribution in [3.63, 3.8) is 0 Å². The van der Waals surface area contributed by atoms with Crippen LogP contribution >= 0.6 is 0 Å². The Morgan fingerprint density at radius 1 is 0.933 bits per heavy atom. The number of nitrogens with zero attached hydrogens (tertiary/aromatic N) is 1. The molecule has 1 aliphatic rings. The first-order valence-corrected chi connectivity index (χ1v) is 10.1. The normalized spacial score (nSPS) is 14.2. The molecule has 0 atom stereocenters. The van der Waals surface area contributed by atoms with Crippen LogP contribution < -0.4 is 14.8 Å². The second-order valence-corrected chi connectivity index (χ2v) is 7.88.